The molecule has 1 atom stereocenters. The van der Waals surface area contributed by atoms with Crippen LogP contribution in [0.4, 0.5) is 11.4 Å². The summed E-state index contributed by atoms with van der Waals surface area (Å²) in [5, 5.41) is 2.95. The Labute approximate surface area is 121 Å². The molecule has 1 unspecified atom stereocenters. The van der Waals surface area contributed by atoms with Gasteiger partial charge in [0, 0.05) is 17.4 Å². The molecule has 4 heteroatoms. The Hall–Kier alpha value is -1.55. The molecule has 20 heavy (non-hydrogen) atoms. The van der Waals surface area contributed by atoms with Crippen LogP contribution in [0.2, 0.25) is 0 Å². The molecule has 1 aliphatic rings. The Balaban J connectivity index is 1.90. The first kappa shape index (κ1) is 14.9. The van der Waals surface area contributed by atoms with Gasteiger partial charge in [-0.25, -0.2) is 0 Å². The zero-order valence-electron chi connectivity index (χ0n) is 12.3. The van der Waals surface area contributed by atoms with Crippen molar-refractivity contribution in [2.45, 2.75) is 45.1 Å². The summed E-state index contributed by atoms with van der Waals surface area (Å²) in [5.74, 6) is 0.0649. The van der Waals surface area contributed by atoms with E-state index in [2.05, 4.69) is 17.1 Å². The summed E-state index contributed by atoms with van der Waals surface area (Å²) in [7, 11) is 0. The zero-order valence-corrected chi connectivity index (χ0v) is 12.3. The summed E-state index contributed by atoms with van der Waals surface area (Å²) in [6.45, 7) is 3.73. The van der Waals surface area contributed by atoms with Crippen LogP contribution in [-0.2, 0) is 4.79 Å². The molecule has 2 rings (SSSR count). The summed E-state index contributed by atoms with van der Waals surface area (Å²) in [6, 6.07) is 7.84. The number of hydrogen-bond donors (Lipinski definition) is 2. The predicted molar refractivity (Wildman–Crippen MR) is 83.6 cm³/mol. The first-order valence-electron chi connectivity index (χ1n) is 7.58. The summed E-state index contributed by atoms with van der Waals surface area (Å²) in [6.07, 6.45) is 6.10. The van der Waals surface area contributed by atoms with Crippen molar-refractivity contribution in [3.8, 4) is 0 Å². The third-order valence-corrected chi connectivity index (χ3v) is 4.01. The summed E-state index contributed by atoms with van der Waals surface area (Å²) >= 11 is 0. The molecule has 1 saturated heterocycles. The van der Waals surface area contributed by atoms with Gasteiger partial charge in [-0.3, -0.25) is 9.69 Å². The van der Waals surface area contributed by atoms with Crippen LogP contribution in [-0.4, -0.2) is 29.9 Å². The molecule has 4 nitrogen and oxygen atoms in total. The van der Waals surface area contributed by atoms with Crippen molar-refractivity contribution in [1.29, 1.82) is 0 Å². The van der Waals surface area contributed by atoms with Gasteiger partial charge in [0.05, 0.1) is 6.54 Å². The number of amides is 1. The van der Waals surface area contributed by atoms with E-state index in [1.165, 1.54) is 25.7 Å². The molecule has 0 bridgehead atoms. The average Bonchev–Trinajstić information content (AvgIpc) is 2.66. The zero-order chi connectivity index (χ0) is 14.4. The van der Waals surface area contributed by atoms with Crippen LogP contribution < -0.4 is 11.1 Å². The Morgan fingerprint density at radius 3 is 2.75 bits per heavy atom. The summed E-state index contributed by atoms with van der Waals surface area (Å²) in [4.78, 5) is 14.5. The number of nitrogens with two attached hydrogens (primary N) is 1. The Kier molecular flexibility index (Phi) is 5.41. The van der Waals surface area contributed by atoms with E-state index in [9.17, 15) is 4.79 Å². The molecule has 1 aromatic carbocycles. The highest BCUT2D eigenvalue weighted by Crippen LogP contribution is 2.19. The fraction of sp³-hybridized carbons (Fsp3) is 0.562. The molecule has 1 aliphatic heterocycles. The molecule has 0 aliphatic carbocycles. The van der Waals surface area contributed by atoms with Gasteiger partial charge < -0.3 is 11.1 Å². The SMILES string of the molecule is CCC1CCCCCN1CC(=O)Nc1ccc(N)cc1. The minimum Gasteiger partial charge on any atom is -0.399 e. The van der Waals surface area contributed by atoms with Gasteiger partial charge in [0.15, 0.2) is 0 Å². The van der Waals surface area contributed by atoms with Crippen molar-refractivity contribution in [2.75, 3.05) is 24.1 Å². The highest BCUT2D eigenvalue weighted by atomic mass is 16.2. The van der Waals surface area contributed by atoms with Crippen LogP contribution in [0.25, 0.3) is 0 Å². The molecule has 1 aromatic rings. The normalized spacial score (nSPS) is 20.4. The lowest BCUT2D eigenvalue weighted by atomic mass is 10.1. The lowest BCUT2D eigenvalue weighted by Gasteiger charge is -2.28. The second-order valence-corrected chi connectivity index (χ2v) is 5.55. The van der Waals surface area contributed by atoms with Gasteiger partial charge in [-0.1, -0.05) is 19.8 Å². The number of nitrogens with zero attached hydrogens (tertiary/aromatic N) is 1. The smallest absolute Gasteiger partial charge is 0.238 e. The molecule has 0 spiro atoms. The number of benzene rings is 1. The van der Waals surface area contributed by atoms with Crippen molar-refractivity contribution < 1.29 is 4.79 Å². The highest BCUT2D eigenvalue weighted by Gasteiger charge is 2.21. The lowest BCUT2D eigenvalue weighted by Crippen LogP contribution is -2.40. The predicted octanol–water partition coefficient (Wildman–Crippen LogP) is 2.86. The van der Waals surface area contributed by atoms with Gasteiger partial charge in [0.25, 0.3) is 0 Å². The quantitative estimate of drug-likeness (QED) is 0.831. The number of nitrogen functional groups attached to an aromatic ring is 1. The van der Waals surface area contributed by atoms with E-state index in [4.69, 9.17) is 5.73 Å². The third kappa shape index (κ3) is 4.23. The largest absolute Gasteiger partial charge is 0.399 e. The van der Waals surface area contributed by atoms with Crippen molar-refractivity contribution in [3.63, 3.8) is 0 Å². The second-order valence-electron chi connectivity index (χ2n) is 5.55. The van der Waals surface area contributed by atoms with Gasteiger partial charge in [0.1, 0.15) is 0 Å². The molecule has 1 heterocycles. The van der Waals surface area contributed by atoms with Gasteiger partial charge in [-0.2, -0.15) is 0 Å². The van der Waals surface area contributed by atoms with Gasteiger partial charge in [-0.05, 0) is 50.1 Å². The number of carbonyl (C=O) groups is 1. The summed E-state index contributed by atoms with van der Waals surface area (Å²) in [5.41, 5.74) is 7.16. The van der Waals surface area contributed by atoms with Crippen molar-refractivity contribution in [2.24, 2.45) is 0 Å². The molecule has 1 fully saturated rings. The fourth-order valence-corrected chi connectivity index (χ4v) is 2.86. The van der Waals surface area contributed by atoms with Gasteiger partial charge >= 0.3 is 0 Å². The van der Waals surface area contributed by atoms with Crippen LogP contribution in [0.15, 0.2) is 24.3 Å². The Morgan fingerprint density at radius 1 is 1.30 bits per heavy atom. The first-order valence-corrected chi connectivity index (χ1v) is 7.58. The summed E-state index contributed by atoms with van der Waals surface area (Å²) < 4.78 is 0. The number of nitrogens with one attached hydrogen (secondary N) is 1. The minimum absolute atomic E-state index is 0.0649. The van der Waals surface area contributed by atoms with E-state index < -0.39 is 0 Å². The second kappa shape index (κ2) is 7.29. The molecule has 1 amide bonds. The Morgan fingerprint density at radius 2 is 2.05 bits per heavy atom. The fourth-order valence-electron chi connectivity index (χ4n) is 2.86. The Bertz CT molecular complexity index is 430. The number of carbonyl (C=O) groups excluding carboxylic acids is 1. The van der Waals surface area contributed by atoms with E-state index in [0.717, 1.165) is 18.7 Å². The average molecular weight is 275 g/mol. The van der Waals surface area contributed by atoms with Gasteiger partial charge in [0.2, 0.25) is 5.91 Å². The van der Waals surface area contributed by atoms with Crippen LogP contribution in [0, 0.1) is 0 Å². The number of likely N-dealkylation sites (tertiary alicyclic amines) is 1. The maximum Gasteiger partial charge on any atom is 0.238 e. The number of anilines is 2. The van der Waals surface area contributed by atoms with E-state index >= 15 is 0 Å². The van der Waals surface area contributed by atoms with E-state index in [-0.39, 0.29) is 5.91 Å². The standard InChI is InChI=1S/C16H25N3O/c1-2-15-6-4-3-5-11-19(15)12-16(20)18-14-9-7-13(17)8-10-14/h7-10,15H,2-6,11-12,17H2,1H3,(H,18,20). The monoisotopic (exact) mass is 275 g/mol. The third-order valence-electron chi connectivity index (χ3n) is 4.01. The molecule has 3 N–H and O–H groups in total. The number of rotatable bonds is 4. The molecule has 0 saturated carbocycles. The lowest BCUT2D eigenvalue weighted by molar-refractivity contribution is -0.117. The van der Waals surface area contributed by atoms with Crippen LogP contribution in [0.5, 0.6) is 0 Å². The van der Waals surface area contributed by atoms with E-state index in [0.29, 0.717) is 18.3 Å². The van der Waals surface area contributed by atoms with Crippen LogP contribution in [0.3, 0.4) is 0 Å². The van der Waals surface area contributed by atoms with Crippen LogP contribution >= 0.6 is 0 Å². The van der Waals surface area contributed by atoms with Crippen molar-refractivity contribution in [3.05, 3.63) is 24.3 Å². The first-order chi connectivity index (χ1) is 9.69. The highest BCUT2D eigenvalue weighted by molar-refractivity contribution is 5.92. The molecule has 0 radical (unpaired) electrons. The molecular formula is C16H25N3O. The van der Waals surface area contributed by atoms with Crippen molar-refractivity contribution >= 4 is 17.3 Å². The van der Waals surface area contributed by atoms with Gasteiger partial charge in [-0.15, -0.1) is 0 Å². The maximum absolute atomic E-state index is 12.2. The molecule has 0 aromatic heterocycles. The minimum atomic E-state index is 0.0649. The van der Waals surface area contributed by atoms with Crippen molar-refractivity contribution in [1.82, 2.24) is 4.90 Å². The maximum atomic E-state index is 12.2. The molecule has 110 valence electrons. The topological polar surface area (TPSA) is 58.4 Å². The van der Waals surface area contributed by atoms with E-state index in [1.54, 1.807) is 12.1 Å². The van der Waals surface area contributed by atoms with Crippen LogP contribution in [0.1, 0.15) is 39.0 Å². The number of hydrogen-bond acceptors (Lipinski definition) is 3. The molecular weight excluding hydrogens is 250 g/mol. The van der Waals surface area contributed by atoms with E-state index in [1.807, 2.05) is 12.1 Å².